The number of pyridine rings is 1. The van der Waals surface area contributed by atoms with Gasteiger partial charge in [-0.05, 0) is 44.0 Å². The Morgan fingerprint density at radius 2 is 1.70 bits per heavy atom. The third-order valence-electron chi connectivity index (χ3n) is 3.22. The van der Waals surface area contributed by atoms with E-state index >= 15 is 0 Å². The average Bonchev–Trinajstić information content (AvgIpc) is 2.41. The fourth-order valence-electron chi connectivity index (χ4n) is 2.29. The van der Waals surface area contributed by atoms with Gasteiger partial charge < -0.3 is 10.5 Å². The summed E-state index contributed by atoms with van der Waals surface area (Å²) in [6.45, 7) is 5.40. The minimum atomic E-state index is -4.65. The molecule has 122 valence electrons. The van der Waals surface area contributed by atoms with Crippen molar-refractivity contribution in [1.82, 2.24) is 4.98 Å². The van der Waals surface area contributed by atoms with E-state index in [-0.39, 0.29) is 5.56 Å². The number of aromatic nitrogens is 1. The number of halogens is 3. The number of hydrogen-bond acceptors (Lipinski definition) is 3. The van der Waals surface area contributed by atoms with Gasteiger partial charge in [-0.3, -0.25) is 4.79 Å². The monoisotopic (exact) mass is 324 g/mol. The molecule has 0 spiro atoms. The van der Waals surface area contributed by atoms with Gasteiger partial charge in [-0.1, -0.05) is 17.7 Å². The predicted octanol–water partition coefficient (Wildman–Crippen LogP) is 3.92. The van der Waals surface area contributed by atoms with Gasteiger partial charge in [-0.25, -0.2) is 4.98 Å². The number of nitrogens with two attached hydrogens (primary N) is 1. The number of carbonyl (C=O) groups excluding carboxylic acids is 1. The van der Waals surface area contributed by atoms with Gasteiger partial charge in [0.05, 0.1) is 0 Å². The summed E-state index contributed by atoms with van der Waals surface area (Å²) in [5.74, 6) is -1.02. The molecule has 0 fully saturated rings. The van der Waals surface area contributed by atoms with Crippen LogP contribution in [0.25, 0.3) is 0 Å². The minimum Gasteiger partial charge on any atom is -0.438 e. The molecule has 0 saturated carbocycles. The van der Waals surface area contributed by atoms with E-state index < -0.39 is 23.7 Å². The quantitative estimate of drug-likeness (QED) is 0.930. The smallest absolute Gasteiger partial charge is 0.433 e. The van der Waals surface area contributed by atoms with Crippen molar-refractivity contribution in [1.29, 1.82) is 0 Å². The first kappa shape index (κ1) is 16.8. The van der Waals surface area contributed by atoms with Crippen LogP contribution >= 0.6 is 0 Å². The van der Waals surface area contributed by atoms with E-state index in [1.807, 2.05) is 19.1 Å². The molecule has 2 aromatic rings. The second kappa shape index (κ2) is 5.91. The lowest BCUT2D eigenvalue weighted by atomic mass is 10.1. The predicted molar refractivity (Wildman–Crippen MR) is 78.5 cm³/mol. The molecule has 0 aliphatic carbocycles. The van der Waals surface area contributed by atoms with Crippen molar-refractivity contribution >= 4 is 5.91 Å². The third kappa shape index (κ3) is 3.61. The van der Waals surface area contributed by atoms with E-state index in [9.17, 15) is 18.0 Å². The Morgan fingerprint density at radius 3 is 2.17 bits per heavy atom. The first-order chi connectivity index (χ1) is 10.6. The highest BCUT2D eigenvalue weighted by atomic mass is 19.4. The van der Waals surface area contributed by atoms with Crippen LogP contribution in [0.3, 0.4) is 0 Å². The Labute approximate surface area is 131 Å². The lowest BCUT2D eigenvalue weighted by Gasteiger charge is -2.15. The molecular formula is C16H15F3N2O2. The van der Waals surface area contributed by atoms with Gasteiger partial charge in [0.1, 0.15) is 17.0 Å². The van der Waals surface area contributed by atoms with Gasteiger partial charge in [-0.2, -0.15) is 13.2 Å². The Kier molecular flexibility index (Phi) is 4.31. The molecule has 1 heterocycles. The third-order valence-corrected chi connectivity index (χ3v) is 3.22. The zero-order valence-corrected chi connectivity index (χ0v) is 12.8. The molecule has 1 aromatic heterocycles. The first-order valence-corrected chi connectivity index (χ1v) is 6.73. The number of amides is 1. The number of carbonyl (C=O) groups is 1. The van der Waals surface area contributed by atoms with Crippen molar-refractivity contribution in [2.75, 3.05) is 0 Å². The lowest BCUT2D eigenvalue weighted by molar-refractivity contribution is -0.141. The van der Waals surface area contributed by atoms with Crippen molar-refractivity contribution in [3.63, 3.8) is 0 Å². The molecule has 0 saturated heterocycles. The first-order valence-electron chi connectivity index (χ1n) is 6.73. The molecule has 0 unspecified atom stereocenters. The van der Waals surface area contributed by atoms with Crippen LogP contribution in [-0.2, 0) is 6.18 Å². The van der Waals surface area contributed by atoms with Crippen LogP contribution in [-0.4, -0.2) is 10.9 Å². The maximum atomic E-state index is 12.8. The number of benzene rings is 1. The van der Waals surface area contributed by atoms with Crippen LogP contribution < -0.4 is 10.5 Å². The molecule has 0 aliphatic heterocycles. The summed E-state index contributed by atoms with van der Waals surface area (Å²) in [7, 11) is 0. The van der Waals surface area contributed by atoms with E-state index in [0.717, 1.165) is 22.8 Å². The molecule has 0 atom stereocenters. The fourth-order valence-corrected chi connectivity index (χ4v) is 2.29. The van der Waals surface area contributed by atoms with Gasteiger partial charge in [0.25, 0.3) is 5.91 Å². The second-order valence-corrected chi connectivity index (χ2v) is 5.24. The summed E-state index contributed by atoms with van der Waals surface area (Å²) in [6.07, 6.45) is -4.65. The average molecular weight is 324 g/mol. The Bertz CT molecular complexity index is 747. The van der Waals surface area contributed by atoms with Crippen LogP contribution in [0.15, 0.2) is 24.3 Å². The zero-order chi connectivity index (χ0) is 17.4. The number of rotatable bonds is 3. The van der Waals surface area contributed by atoms with Gasteiger partial charge in [0.2, 0.25) is 5.88 Å². The molecule has 4 nitrogen and oxygen atoms in total. The van der Waals surface area contributed by atoms with E-state index in [0.29, 0.717) is 11.8 Å². The molecule has 2 N–H and O–H groups in total. The minimum absolute atomic E-state index is 0.211. The second-order valence-electron chi connectivity index (χ2n) is 5.24. The standard InChI is InChI=1S/C16H15F3N2O2/c1-8-6-9(2)13(10(3)7-8)23-15-11(14(20)22)4-5-12(21-15)16(17,18)19/h4-7H,1-3H3,(H2,20,22). The van der Waals surface area contributed by atoms with Crippen LogP contribution in [0, 0.1) is 20.8 Å². The van der Waals surface area contributed by atoms with Crippen LogP contribution in [0.5, 0.6) is 11.6 Å². The number of nitrogens with zero attached hydrogens (tertiary/aromatic N) is 1. The lowest BCUT2D eigenvalue weighted by Crippen LogP contribution is -2.16. The highest BCUT2D eigenvalue weighted by molar-refractivity contribution is 5.95. The molecule has 0 bridgehead atoms. The van der Waals surface area contributed by atoms with E-state index in [1.165, 1.54) is 0 Å². The summed E-state index contributed by atoms with van der Waals surface area (Å²) < 4.78 is 44.0. The highest BCUT2D eigenvalue weighted by Gasteiger charge is 2.34. The molecule has 7 heteroatoms. The van der Waals surface area contributed by atoms with Crippen molar-refractivity contribution < 1.29 is 22.7 Å². The van der Waals surface area contributed by atoms with E-state index in [2.05, 4.69) is 4.98 Å². The highest BCUT2D eigenvalue weighted by Crippen LogP contribution is 2.34. The topological polar surface area (TPSA) is 65.2 Å². The Hall–Kier alpha value is -2.57. The summed E-state index contributed by atoms with van der Waals surface area (Å²) >= 11 is 0. The van der Waals surface area contributed by atoms with Gasteiger partial charge in [0.15, 0.2) is 0 Å². The largest absolute Gasteiger partial charge is 0.438 e. The van der Waals surface area contributed by atoms with Gasteiger partial charge in [-0.15, -0.1) is 0 Å². The Morgan fingerprint density at radius 1 is 1.13 bits per heavy atom. The number of ether oxygens (including phenoxy) is 1. The number of primary amides is 1. The van der Waals surface area contributed by atoms with Crippen molar-refractivity contribution in [2.24, 2.45) is 5.73 Å². The summed E-state index contributed by atoms with van der Waals surface area (Å²) in [5.41, 5.74) is 6.25. The van der Waals surface area contributed by atoms with Crippen LogP contribution in [0.1, 0.15) is 32.7 Å². The van der Waals surface area contributed by atoms with E-state index in [1.54, 1.807) is 13.8 Å². The summed E-state index contributed by atoms with van der Waals surface area (Å²) in [5, 5.41) is 0. The van der Waals surface area contributed by atoms with Crippen LogP contribution in [0.4, 0.5) is 13.2 Å². The Balaban J connectivity index is 2.56. The van der Waals surface area contributed by atoms with Gasteiger partial charge >= 0.3 is 6.18 Å². The molecule has 0 aliphatic rings. The molecule has 1 aromatic carbocycles. The van der Waals surface area contributed by atoms with Crippen LogP contribution in [0.2, 0.25) is 0 Å². The van der Waals surface area contributed by atoms with Gasteiger partial charge in [0, 0.05) is 0 Å². The van der Waals surface area contributed by atoms with Crippen molar-refractivity contribution in [3.05, 3.63) is 52.2 Å². The maximum absolute atomic E-state index is 12.8. The summed E-state index contributed by atoms with van der Waals surface area (Å²) in [4.78, 5) is 14.8. The SMILES string of the molecule is Cc1cc(C)c(Oc2nc(C(F)(F)F)ccc2C(N)=O)c(C)c1. The molecule has 1 amide bonds. The van der Waals surface area contributed by atoms with Crippen molar-refractivity contribution in [3.8, 4) is 11.6 Å². The number of aryl methyl sites for hydroxylation is 3. The molecule has 2 rings (SSSR count). The summed E-state index contributed by atoms with van der Waals surface area (Å²) in [6, 6.07) is 5.30. The molecule has 23 heavy (non-hydrogen) atoms. The fraction of sp³-hybridized carbons (Fsp3) is 0.250. The molecular weight excluding hydrogens is 309 g/mol. The number of hydrogen-bond donors (Lipinski definition) is 1. The molecule has 0 radical (unpaired) electrons. The maximum Gasteiger partial charge on any atom is 0.433 e. The normalized spacial score (nSPS) is 11.4. The zero-order valence-electron chi connectivity index (χ0n) is 12.8. The van der Waals surface area contributed by atoms with E-state index in [4.69, 9.17) is 10.5 Å². The van der Waals surface area contributed by atoms with Crippen molar-refractivity contribution in [2.45, 2.75) is 26.9 Å². The number of alkyl halides is 3.